The summed E-state index contributed by atoms with van der Waals surface area (Å²) in [6.45, 7) is 2.90. The van der Waals surface area contributed by atoms with Crippen molar-refractivity contribution < 1.29 is 48.4 Å². The summed E-state index contributed by atoms with van der Waals surface area (Å²) in [6.07, 6.45) is -2.40. The van der Waals surface area contributed by atoms with E-state index >= 15 is 0 Å². The summed E-state index contributed by atoms with van der Waals surface area (Å²) in [5.41, 5.74) is 0.0505. The minimum Gasteiger partial charge on any atom is -0.478 e. The second kappa shape index (κ2) is 14.3. The van der Waals surface area contributed by atoms with Gasteiger partial charge in [-0.2, -0.15) is 0 Å². The quantitative estimate of drug-likeness (QED) is 0.348. The van der Waals surface area contributed by atoms with Gasteiger partial charge in [0.05, 0.1) is 24.2 Å². The molecule has 0 aromatic heterocycles. The number of aliphatic carboxylic acids is 2. The molecule has 0 saturated carbocycles. The zero-order valence-corrected chi connectivity index (χ0v) is 20.4. The van der Waals surface area contributed by atoms with Crippen LogP contribution in [0.15, 0.2) is 60.7 Å². The van der Waals surface area contributed by atoms with E-state index < -0.39 is 36.1 Å². The highest BCUT2D eigenvalue weighted by molar-refractivity contribution is 5.95. The maximum Gasteiger partial charge on any atom is 0.349 e. The topological polar surface area (TPSA) is 166 Å². The SMILES string of the molecule is COC(=O)[C@H]1CC[C@H](C)NC1.O=C(O[C@H](C(=O)O)[C@H](OC(=O)c1ccccc1)C(=O)O)c1ccccc1. The van der Waals surface area contributed by atoms with Crippen molar-refractivity contribution in [2.45, 2.75) is 38.0 Å². The van der Waals surface area contributed by atoms with E-state index in [4.69, 9.17) is 9.47 Å². The highest BCUT2D eigenvalue weighted by Crippen LogP contribution is 2.15. The van der Waals surface area contributed by atoms with Crippen molar-refractivity contribution in [1.82, 2.24) is 5.32 Å². The van der Waals surface area contributed by atoms with Crippen LogP contribution in [0, 0.1) is 5.92 Å². The lowest BCUT2D eigenvalue weighted by Gasteiger charge is -2.25. The van der Waals surface area contributed by atoms with Gasteiger partial charge in [-0.3, -0.25) is 4.79 Å². The third-order valence-electron chi connectivity index (χ3n) is 5.44. The van der Waals surface area contributed by atoms with Crippen molar-refractivity contribution in [2.24, 2.45) is 5.92 Å². The number of carbonyl (C=O) groups is 5. The van der Waals surface area contributed by atoms with E-state index in [0.29, 0.717) is 6.04 Å². The lowest BCUT2D eigenvalue weighted by Crippen LogP contribution is -2.45. The standard InChI is InChI=1S/C18H14O8.C8H15NO2/c19-15(20)13(25-17(23)11-7-3-1-4-8-11)14(16(21)22)26-18(24)12-9-5-2-6-10-12;1-6-3-4-7(5-9-6)8(10)11-2/h1-10,13-14H,(H,19,20)(H,21,22);6-7,9H,3-5H2,1-2H3/t13-,14-;6-,7-/m00/s1. The number of nitrogens with one attached hydrogen (secondary N) is 1. The van der Waals surface area contributed by atoms with Crippen LogP contribution in [0.1, 0.15) is 40.5 Å². The Morgan fingerprint density at radius 3 is 1.54 bits per heavy atom. The Hall–Kier alpha value is -4.25. The predicted molar refractivity (Wildman–Crippen MR) is 129 cm³/mol. The molecule has 1 saturated heterocycles. The first-order valence-corrected chi connectivity index (χ1v) is 11.4. The van der Waals surface area contributed by atoms with Crippen LogP contribution >= 0.6 is 0 Å². The third kappa shape index (κ3) is 9.04. The van der Waals surface area contributed by atoms with E-state index in [2.05, 4.69) is 17.0 Å². The van der Waals surface area contributed by atoms with Crippen LogP contribution in [0.5, 0.6) is 0 Å². The van der Waals surface area contributed by atoms with E-state index in [1.165, 1.54) is 55.6 Å². The molecule has 1 heterocycles. The fourth-order valence-electron chi connectivity index (χ4n) is 3.37. The maximum atomic E-state index is 12.0. The molecule has 37 heavy (non-hydrogen) atoms. The molecule has 198 valence electrons. The van der Waals surface area contributed by atoms with Gasteiger partial charge >= 0.3 is 29.8 Å². The maximum absolute atomic E-state index is 12.0. The molecule has 1 aliphatic heterocycles. The molecule has 4 atom stereocenters. The first kappa shape index (κ1) is 29.0. The van der Waals surface area contributed by atoms with Gasteiger partial charge in [0.25, 0.3) is 0 Å². The van der Waals surface area contributed by atoms with E-state index in [9.17, 15) is 34.2 Å². The van der Waals surface area contributed by atoms with Crippen LogP contribution in [0.2, 0.25) is 0 Å². The Morgan fingerprint density at radius 1 is 0.784 bits per heavy atom. The molecular formula is C26H29NO10. The number of hydrogen-bond acceptors (Lipinski definition) is 9. The molecule has 0 spiro atoms. The fourth-order valence-corrected chi connectivity index (χ4v) is 3.37. The molecule has 3 N–H and O–H groups in total. The fraction of sp³-hybridized carbons (Fsp3) is 0.346. The van der Waals surface area contributed by atoms with Crippen LogP contribution in [-0.4, -0.2) is 72.0 Å². The van der Waals surface area contributed by atoms with Crippen molar-refractivity contribution in [2.75, 3.05) is 13.7 Å². The molecule has 2 aromatic rings. The summed E-state index contributed by atoms with van der Waals surface area (Å²) in [6, 6.07) is 15.4. The summed E-state index contributed by atoms with van der Waals surface area (Å²) in [4.78, 5) is 57.9. The second-order valence-corrected chi connectivity index (χ2v) is 8.17. The Bertz CT molecular complexity index is 996. The number of benzene rings is 2. The monoisotopic (exact) mass is 515 g/mol. The molecule has 1 aliphatic rings. The van der Waals surface area contributed by atoms with Gasteiger partial charge in [-0.25, -0.2) is 19.2 Å². The lowest BCUT2D eigenvalue weighted by atomic mass is 9.96. The smallest absolute Gasteiger partial charge is 0.349 e. The minimum absolute atomic E-state index is 0.0253. The number of carboxylic acid groups (broad SMARTS) is 2. The Labute approximate surface area is 213 Å². The van der Waals surface area contributed by atoms with E-state index in [1.807, 2.05) is 0 Å². The lowest BCUT2D eigenvalue weighted by molar-refractivity contribution is -0.166. The van der Waals surface area contributed by atoms with Crippen molar-refractivity contribution in [1.29, 1.82) is 0 Å². The van der Waals surface area contributed by atoms with Gasteiger partial charge in [0.15, 0.2) is 0 Å². The molecule has 0 unspecified atom stereocenters. The van der Waals surface area contributed by atoms with Crippen molar-refractivity contribution in [3.63, 3.8) is 0 Å². The van der Waals surface area contributed by atoms with Gasteiger partial charge in [-0.15, -0.1) is 0 Å². The van der Waals surface area contributed by atoms with Gasteiger partial charge in [-0.1, -0.05) is 36.4 Å². The number of carbonyl (C=O) groups excluding carboxylic acids is 3. The number of rotatable bonds is 8. The Morgan fingerprint density at radius 2 is 1.22 bits per heavy atom. The first-order chi connectivity index (χ1) is 17.6. The van der Waals surface area contributed by atoms with E-state index in [-0.39, 0.29) is 23.0 Å². The minimum atomic E-state index is -2.21. The van der Waals surface area contributed by atoms with Crippen LogP contribution < -0.4 is 5.32 Å². The summed E-state index contributed by atoms with van der Waals surface area (Å²) in [5, 5.41) is 21.7. The molecule has 0 bridgehead atoms. The van der Waals surface area contributed by atoms with Crippen molar-refractivity contribution >= 4 is 29.8 Å². The van der Waals surface area contributed by atoms with Gasteiger partial charge < -0.3 is 29.7 Å². The third-order valence-corrected chi connectivity index (χ3v) is 5.44. The van der Waals surface area contributed by atoms with Gasteiger partial charge in [-0.05, 0) is 44.0 Å². The zero-order chi connectivity index (χ0) is 27.4. The largest absolute Gasteiger partial charge is 0.478 e. The number of methoxy groups -OCH3 is 1. The highest BCUT2D eigenvalue weighted by atomic mass is 16.6. The summed E-state index contributed by atoms with van der Waals surface area (Å²) < 4.78 is 14.2. The van der Waals surface area contributed by atoms with Gasteiger partial charge in [0, 0.05) is 12.6 Å². The van der Waals surface area contributed by atoms with Crippen LogP contribution in [0.4, 0.5) is 0 Å². The number of esters is 3. The molecule has 1 fully saturated rings. The molecule has 0 radical (unpaired) electrons. The molecule has 0 aliphatic carbocycles. The number of ether oxygens (including phenoxy) is 3. The van der Waals surface area contributed by atoms with Crippen LogP contribution in [0.3, 0.4) is 0 Å². The molecule has 3 rings (SSSR count). The zero-order valence-electron chi connectivity index (χ0n) is 20.4. The normalized spacial score (nSPS) is 18.1. The average Bonchev–Trinajstić information content (AvgIpc) is 2.91. The molecule has 11 heteroatoms. The molecular weight excluding hydrogens is 486 g/mol. The molecule has 2 aromatic carbocycles. The van der Waals surface area contributed by atoms with Crippen molar-refractivity contribution in [3.8, 4) is 0 Å². The average molecular weight is 516 g/mol. The number of carboxylic acids is 2. The Balaban J connectivity index is 0.000000364. The number of hydrogen-bond donors (Lipinski definition) is 3. The second-order valence-electron chi connectivity index (χ2n) is 8.17. The summed E-state index contributed by atoms with van der Waals surface area (Å²) >= 11 is 0. The van der Waals surface area contributed by atoms with Gasteiger partial charge in [0.2, 0.25) is 12.2 Å². The first-order valence-electron chi connectivity index (χ1n) is 11.4. The summed E-state index contributed by atoms with van der Waals surface area (Å²) in [7, 11) is 1.44. The van der Waals surface area contributed by atoms with Crippen molar-refractivity contribution in [3.05, 3.63) is 71.8 Å². The number of piperidine rings is 1. The summed E-state index contributed by atoms with van der Waals surface area (Å²) in [5.74, 6) is -5.63. The Kier molecular flexibility index (Phi) is 11.2. The van der Waals surface area contributed by atoms with Crippen LogP contribution in [0.25, 0.3) is 0 Å². The molecule has 11 nitrogen and oxygen atoms in total. The van der Waals surface area contributed by atoms with E-state index in [0.717, 1.165) is 19.4 Å². The van der Waals surface area contributed by atoms with E-state index in [1.54, 1.807) is 12.1 Å². The predicted octanol–water partition coefficient (Wildman–Crippen LogP) is 2.15. The molecule has 0 amide bonds. The van der Waals surface area contributed by atoms with Gasteiger partial charge in [0.1, 0.15) is 0 Å². The van der Waals surface area contributed by atoms with Crippen LogP contribution in [-0.2, 0) is 28.6 Å². The highest BCUT2D eigenvalue weighted by Gasteiger charge is 2.41.